The van der Waals surface area contributed by atoms with Gasteiger partial charge < -0.3 is 5.11 Å². The average molecular weight is 244 g/mol. The van der Waals surface area contributed by atoms with E-state index in [0.29, 0.717) is 0 Å². The van der Waals surface area contributed by atoms with Gasteiger partial charge >= 0.3 is 0 Å². The molecule has 0 aliphatic carbocycles. The quantitative estimate of drug-likeness (QED) is 0.819. The Bertz CT molecular complexity index is 401. The third-order valence-corrected chi connectivity index (χ3v) is 5.53. The molecule has 0 unspecified atom stereocenters. The molecule has 2 aromatic carbocycles. The first-order valence-corrected chi connectivity index (χ1v) is 7.24. The molecular weight excluding hydrogens is 227 g/mol. The lowest BCUT2D eigenvalue weighted by Gasteiger charge is -2.24. The van der Waals surface area contributed by atoms with Crippen LogP contribution in [-0.4, -0.2) is 17.4 Å². The van der Waals surface area contributed by atoms with E-state index in [2.05, 4.69) is 55.5 Å². The molecule has 0 aliphatic heterocycles. The number of rotatable bonds is 4. The highest BCUT2D eigenvalue weighted by atomic mass is 31.1. The van der Waals surface area contributed by atoms with Gasteiger partial charge in [-0.15, -0.1) is 0 Å². The molecule has 0 saturated heterocycles. The highest BCUT2D eigenvalue weighted by Crippen LogP contribution is 2.38. The Morgan fingerprint density at radius 2 is 1.29 bits per heavy atom. The molecule has 0 radical (unpaired) electrons. The zero-order valence-electron chi connectivity index (χ0n) is 9.95. The van der Waals surface area contributed by atoms with Crippen LogP contribution in [0.2, 0.25) is 0 Å². The van der Waals surface area contributed by atoms with E-state index in [1.807, 2.05) is 12.1 Å². The fourth-order valence-electron chi connectivity index (χ4n) is 1.92. The molecule has 1 nitrogen and oxygen atoms in total. The zero-order chi connectivity index (χ0) is 12.1. The molecule has 2 heteroatoms. The number of aliphatic hydroxyl groups is 1. The molecule has 2 rings (SSSR count). The third kappa shape index (κ3) is 2.94. The van der Waals surface area contributed by atoms with Crippen molar-refractivity contribution in [1.29, 1.82) is 0 Å². The van der Waals surface area contributed by atoms with Gasteiger partial charge in [0.05, 0.1) is 6.61 Å². The van der Waals surface area contributed by atoms with Gasteiger partial charge in [-0.3, -0.25) is 0 Å². The van der Waals surface area contributed by atoms with Crippen LogP contribution in [0.1, 0.15) is 6.92 Å². The van der Waals surface area contributed by atoms with Crippen molar-refractivity contribution in [3.8, 4) is 0 Å². The molecule has 0 spiro atoms. The Morgan fingerprint density at radius 3 is 1.65 bits per heavy atom. The van der Waals surface area contributed by atoms with Gasteiger partial charge in [-0.05, 0) is 18.5 Å². The fourth-order valence-corrected chi connectivity index (χ4v) is 4.38. The van der Waals surface area contributed by atoms with Gasteiger partial charge in [-0.2, -0.15) is 0 Å². The molecule has 0 amide bonds. The highest BCUT2D eigenvalue weighted by Gasteiger charge is 2.19. The topological polar surface area (TPSA) is 20.2 Å². The summed E-state index contributed by atoms with van der Waals surface area (Å²) in [7, 11) is -0.462. The van der Waals surface area contributed by atoms with E-state index in [1.165, 1.54) is 10.6 Å². The Kier molecular flexibility index (Phi) is 4.30. The van der Waals surface area contributed by atoms with E-state index in [4.69, 9.17) is 0 Å². The summed E-state index contributed by atoms with van der Waals surface area (Å²) in [4.78, 5) is 0. The van der Waals surface area contributed by atoms with Crippen LogP contribution in [0.15, 0.2) is 60.7 Å². The molecule has 2 aromatic rings. The van der Waals surface area contributed by atoms with Gasteiger partial charge in [-0.1, -0.05) is 67.6 Å². The first kappa shape index (κ1) is 12.3. The molecule has 1 atom stereocenters. The molecule has 0 fully saturated rings. The Labute approximate surface area is 104 Å². The summed E-state index contributed by atoms with van der Waals surface area (Å²) in [5.41, 5.74) is 0.287. The first-order valence-electron chi connectivity index (χ1n) is 5.83. The molecular formula is C15H17OP. The summed E-state index contributed by atoms with van der Waals surface area (Å²) in [5.74, 6) is 0. The summed E-state index contributed by atoms with van der Waals surface area (Å²) in [6, 6.07) is 21.0. The second kappa shape index (κ2) is 5.95. The van der Waals surface area contributed by atoms with E-state index < -0.39 is 7.92 Å². The maximum Gasteiger partial charge on any atom is 0.0501 e. The van der Waals surface area contributed by atoms with Gasteiger partial charge in [0.1, 0.15) is 0 Å². The summed E-state index contributed by atoms with van der Waals surface area (Å²) in [6.07, 6.45) is 0. The lowest BCUT2D eigenvalue weighted by atomic mass is 10.4. The zero-order valence-corrected chi connectivity index (χ0v) is 10.8. The van der Waals surface area contributed by atoms with Gasteiger partial charge in [0.25, 0.3) is 0 Å². The lowest BCUT2D eigenvalue weighted by molar-refractivity contribution is 0.299. The van der Waals surface area contributed by atoms with Crippen LogP contribution in [0.5, 0.6) is 0 Å². The van der Waals surface area contributed by atoms with Crippen LogP contribution in [0.25, 0.3) is 0 Å². The molecule has 0 aromatic heterocycles. The van der Waals surface area contributed by atoms with E-state index in [0.717, 1.165) is 0 Å². The third-order valence-electron chi connectivity index (χ3n) is 2.77. The van der Waals surface area contributed by atoms with Gasteiger partial charge in [0.2, 0.25) is 0 Å². The molecule has 0 heterocycles. The predicted octanol–water partition coefficient (Wildman–Crippen LogP) is 2.50. The maximum absolute atomic E-state index is 9.44. The molecule has 0 saturated carbocycles. The number of hydrogen-bond acceptors (Lipinski definition) is 1. The second-order valence-electron chi connectivity index (χ2n) is 4.07. The number of hydrogen-bond donors (Lipinski definition) is 1. The minimum absolute atomic E-state index is 0.232. The summed E-state index contributed by atoms with van der Waals surface area (Å²) in [5, 5.41) is 12.1. The van der Waals surface area contributed by atoms with Crippen molar-refractivity contribution in [3.63, 3.8) is 0 Å². The normalized spacial score (nSPS) is 12.6. The van der Waals surface area contributed by atoms with E-state index in [9.17, 15) is 5.11 Å². The van der Waals surface area contributed by atoms with Crippen LogP contribution in [0.3, 0.4) is 0 Å². The average Bonchev–Trinajstić information content (AvgIpc) is 2.41. The summed E-state index contributed by atoms with van der Waals surface area (Å²) in [6.45, 7) is 2.35. The largest absolute Gasteiger partial charge is 0.396 e. The van der Waals surface area contributed by atoms with Gasteiger partial charge in [0.15, 0.2) is 0 Å². The Morgan fingerprint density at radius 1 is 0.882 bits per heavy atom. The number of aliphatic hydroxyl groups excluding tert-OH is 1. The van der Waals surface area contributed by atoms with Crippen LogP contribution < -0.4 is 10.6 Å². The molecule has 17 heavy (non-hydrogen) atoms. The summed E-state index contributed by atoms with van der Waals surface area (Å²) >= 11 is 0. The standard InChI is InChI=1S/C15H17OP/c1-13(12-16)17(14-8-4-2-5-9-14)15-10-6-3-7-11-15/h2-11,13,16H,12H2,1H3/t13-/m0/s1. The van der Waals surface area contributed by atoms with Crippen molar-refractivity contribution in [2.75, 3.05) is 6.61 Å². The minimum atomic E-state index is -0.462. The van der Waals surface area contributed by atoms with Crippen molar-refractivity contribution in [2.45, 2.75) is 12.6 Å². The smallest absolute Gasteiger partial charge is 0.0501 e. The fraction of sp³-hybridized carbons (Fsp3) is 0.200. The van der Waals surface area contributed by atoms with Crippen molar-refractivity contribution in [2.24, 2.45) is 0 Å². The van der Waals surface area contributed by atoms with Gasteiger partial charge in [-0.25, -0.2) is 0 Å². The summed E-state index contributed by atoms with van der Waals surface area (Å²) < 4.78 is 0. The highest BCUT2D eigenvalue weighted by molar-refractivity contribution is 7.73. The van der Waals surface area contributed by atoms with Crippen LogP contribution in [0.4, 0.5) is 0 Å². The molecule has 1 N–H and O–H groups in total. The monoisotopic (exact) mass is 244 g/mol. The maximum atomic E-state index is 9.44. The molecule has 0 bridgehead atoms. The second-order valence-corrected chi connectivity index (χ2v) is 6.73. The van der Waals surface area contributed by atoms with Crippen molar-refractivity contribution < 1.29 is 5.11 Å². The van der Waals surface area contributed by atoms with Crippen LogP contribution in [-0.2, 0) is 0 Å². The SMILES string of the molecule is C[C@@H](CO)P(c1ccccc1)c1ccccc1. The van der Waals surface area contributed by atoms with E-state index >= 15 is 0 Å². The van der Waals surface area contributed by atoms with Gasteiger partial charge in [0, 0.05) is 5.66 Å². The predicted molar refractivity (Wildman–Crippen MR) is 75.6 cm³/mol. The van der Waals surface area contributed by atoms with Crippen LogP contribution in [0, 0.1) is 0 Å². The van der Waals surface area contributed by atoms with Crippen LogP contribution >= 0.6 is 7.92 Å². The lowest BCUT2D eigenvalue weighted by Crippen LogP contribution is -2.21. The van der Waals surface area contributed by atoms with Crippen molar-refractivity contribution >= 4 is 18.5 Å². The Hall–Kier alpha value is -1.17. The number of benzene rings is 2. The van der Waals surface area contributed by atoms with E-state index in [-0.39, 0.29) is 12.3 Å². The molecule has 88 valence electrons. The van der Waals surface area contributed by atoms with E-state index in [1.54, 1.807) is 0 Å². The Balaban J connectivity index is 2.39. The minimum Gasteiger partial charge on any atom is -0.396 e. The molecule has 0 aliphatic rings. The van der Waals surface area contributed by atoms with Crippen molar-refractivity contribution in [1.82, 2.24) is 0 Å². The first-order chi connectivity index (χ1) is 8.33. The van der Waals surface area contributed by atoms with Crippen molar-refractivity contribution in [3.05, 3.63) is 60.7 Å².